The van der Waals surface area contributed by atoms with Crippen LogP contribution in [-0.2, 0) is 9.59 Å². The van der Waals surface area contributed by atoms with Gasteiger partial charge >= 0.3 is 5.69 Å². The third-order valence-electron chi connectivity index (χ3n) is 4.35. The Balaban J connectivity index is 1.76. The van der Waals surface area contributed by atoms with E-state index in [-0.39, 0.29) is 11.5 Å². The highest BCUT2D eigenvalue weighted by Crippen LogP contribution is 2.32. The lowest BCUT2D eigenvalue weighted by molar-refractivity contribution is -0.385. The SMILES string of the molecule is O=C1NCC(c2ccccc2)C1C(=O)NN=Cc1cc(Br)cc([N+](=O)[O-])c1O. The molecule has 3 N–H and O–H groups in total. The molecular weight excluding hydrogens is 432 g/mol. The van der Waals surface area contributed by atoms with Crippen LogP contribution in [0.5, 0.6) is 5.75 Å². The zero-order valence-electron chi connectivity index (χ0n) is 14.3. The van der Waals surface area contributed by atoms with Gasteiger partial charge in [0.1, 0.15) is 5.92 Å². The number of hydrogen-bond acceptors (Lipinski definition) is 6. The number of nitro benzene ring substituents is 1. The summed E-state index contributed by atoms with van der Waals surface area (Å²) < 4.78 is 0.365. The Hall–Kier alpha value is -3.27. The predicted molar refractivity (Wildman–Crippen MR) is 104 cm³/mol. The zero-order valence-corrected chi connectivity index (χ0v) is 15.9. The number of phenols is 1. The van der Waals surface area contributed by atoms with E-state index in [2.05, 4.69) is 31.8 Å². The quantitative estimate of drug-likeness (QED) is 0.279. The molecule has 0 aromatic heterocycles. The summed E-state index contributed by atoms with van der Waals surface area (Å²) >= 11 is 3.11. The lowest BCUT2D eigenvalue weighted by Gasteiger charge is -2.15. The largest absolute Gasteiger partial charge is 0.502 e. The molecule has 9 nitrogen and oxygen atoms in total. The van der Waals surface area contributed by atoms with Gasteiger partial charge in [-0.2, -0.15) is 5.10 Å². The number of hydrazone groups is 1. The summed E-state index contributed by atoms with van der Waals surface area (Å²) in [5, 5.41) is 27.3. The van der Waals surface area contributed by atoms with Crippen LogP contribution in [0.2, 0.25) is 0 Å². The molecule has 2 amide bonds. The van der Waals surface area contributed by atoms with Crippen molar-refractivity contribution in [2.75, 3.05) is 6.54 Å². The summed E-state index contributed by atoms with van der Waals surface area (Å²) in [7, 11) is 0. The van der Waals surface area contributed by atoms with E-state index in [1.165, 1.54) is 6.07 Å². The monoisotopic (exact) mass is 446 g/mol. The van der Waals surface area contributed by atoms with Crippen LogP contribution in [0.3, 0.4) is 0 Å². The van der Waals surface area contributed by atoms with E-state index in [4.69, 9.17) is 0 Å². The Kier molecular flexibility index (Phi) is 5.69. The molecule has 1 saturated heterocycles. The van der Waals surface area contributed by atoms with Crippen molar-refractivity contribution >= 4 is 39.6 Å². The van der Waals surface area contributed by atoms with E-state index in [1.54, 1.807) is 0 Å². The van der Waals surface area contributed by atoms with Crippen molar-refractivity contribution in [3.63, 3.8) is 0 Å². The summed E-state index contributed by atoms with van der Waals surface area (Å²) in [6.45, 7) is 0.337. The summed E-state index contributed by atoms with van der Waals surface area (Å²) in [6, 6.07) is 11.7. The van der Waals surface area contributed by atoms with Gasteiger partial charge in [-0.25, -0.2) is 5.43 Å². The number of hydrogen-bond donors (Lipinski definition) is 3. The number of amides is 2. The van der Waals surface area contributed by atoms with Gasteiger partial charge < -0.3 is 10.4 Å². The number of nitro groups is 1. The Morgan fingerprint density at radius 1 is 1.36 bits per heavy atom. The highest BCUT2D eigenvalue weighted by atomic mass is 79.9. The number of carbonyl (C=O) groups is 2. The fourth-order valence-corrected chi connectivity index (χ4v) is 3.47. The van der Waals surface area contributed by atoms with Gasteiger partial charge in [0.15, 0.2) is 0 Å². The second-order valence-corrected chi connectivity index (χ2v) is 7.01. The average Bonchev–Trinajstić information content (AvgIpc) is 3.06. The number of halogens is 1. The molecule has 2 atom stereocenters. The second-order valence-electron chi connectivity index (χ2n) is 6.09. The molecule has 2 unspecified atom stereocenters. The Morgan fingerprint density at radius 2 is 2.07 bits per heavy atom. The number of aromatic hydroxyl groups is 1. The van der Waals surface area contributed by atoms with Crippen molar-refractivity contribution in [2.24, 2.45) is 11.0 Å². The van der Waals surface area contributed by atoms with Gasteiger partial charge in [-0.3, -0.25) is 19.7 Å². The molecular formula is C18H15BrN4O5. The van der Waals surface area contributed by atoms with Crippen LogP contribution in [0.15, 0.2) is 52.0 Å². The normalized spacial score (nSPS) is 18.8. The molecule has 3 rings (SSSR count). The third-order valence-corrected chi connectivity index (χ3v) is 4.81. The van der Waals surface area contributed by atoms with Crippen molar-refractivity contribution in [1.29, 1.82) is 0 Å². The highest BCUT2D eigenvalue weighted by molar-refractivity contribution is 9.10. The van der Waals surface area contributed by atoms with Crippen LogP contribution in [0.1, 0.15) is 17.0 Å². The van der Waals surface area contributed by atoms with Crippen molar-refractivity contribution in [3.05, 3.63) is 68.2 Å². The minimum Gasteiger partial charge on any atom is -0.502 e. The van der Waals surface area contributed by atoms with Crippen LogP contribution in [-0.4, -0.2) is 34.6 Å². The van der Waals surface area contributed by atoms with Crippen LogP contribution in [0.25, 0.3) is 0 Å². The van der Waals surface area contributed by atoms with Gasteiger partial charge in [-0.05, 0) is 11.6 Å². The van der Waals surface area contributed by atoms with Crippen molar-refractivity contribution in [1.82, 2.24) is 10.7 Å². The summed E-state index contributed by atoms with van der Waals surface area (Å²) in [5.74, 6) is -2.87. The van der Waals surface area contributed by atoms with Crippen LogP contribution in [0, 0.1) is 16.0 Å². The first-order valence-electron chi connectivity index (χ1n) is 8.21. The molecule has 2 aromatic carbocycles. The number of nitrogens with one attached hydrogen (secondary N) is 2. The van der Waals surface area contributed by atoms with Crippen molar-refractivity contribution in [2.45, 2.75) is 5.92 Å². The fourth-order valence-electron chi connectivity index (χ4n) is 3.01. The molecule has 28 heavy (non-hydrogen) atoms. The molecule has 0 radical (unpaired) electrons. The van der Waals surface area contributed by atoms with Gasteiger partial charge in [0.25, 0.3) is 5.91 Å². The van der Waals surface area contributed by atoms with Gasteiger partial charge in [0.05, 0.1) is 11.1 Å². The number of benzene rings is 2. The van der Waals surface area contributed by atoms with E-state index in [0.717, 1.165) is 17.8 Å². The average molecular weight is 447 g/mol. The maximum Gasteiger partial charge on any atom is 0.312 e. The number of nitrogens with zero attached hydrogens (tertiary/aromatic N) is 2. The second kappa shape index (κ2) is 8.17. The lowest BCUT2D eigenvalue weighted by Crippen LogP contribution is -2.34. The standard InChI is InChI=1S/C18H15BrN4O5/c19-12-6-11(16(24)14(7-12)23(27)28)8-21-22-18(26)15-13(9-20-17(15)25)10-4-2-1-3-5-10/h1-8,13,15,24H,9H2,(H,20,25)(H,22,26). The maximum atomic E-state index is 12.5. The molecule has 0 saturated carbocycles. The highest BCUT2D eigenvalue weighted by Gasteiger charge is 2.40. The molecule has 0 bridgehead atoms. The summed E-state index contributed by atoms with van der Waals surface area (Å²) in [6.07, 6.45) is 1.08. The number of phenolic OH excluding ortho intramolecular Hbond substituents is 1. The number of rotatable bonds is 5. The van der Waals surface area contributed by atoms with Gasteiger partial charge in [-0.1, -0.05) is 46.3 Å². The molecule has 1 heterocycles. The van der Waals surface area contributed by atoms with Crippen molar-refractivity contribution < 1.29 is 19.6 Å². The van der Waals surface area contributed by atoms with E-state index in [1.807, 2.05) is 30.3 Å². The van der Waals surface area contributed by atoms with E-state index in [0.29, 0.717) is 11.0 Å². The molecule has 10 heteroatoms. The van der Waals surface area contributed by atoms with E-state index in [9.17, 15) is 24.8 Å². The zero-order chi connectivity index (χ0) is 20.3. The molecule has 144 valence electrons. The van der Waals surface area contributed by atoms with Crippen molar-refractivity contribution in [3.8, 4) is 5.75 Å². The molecule has 1 aliphatic heterocycles. The van der Waals surface area contributed by atoms with Crippen LogP contribution in [0.4, 0.5) is 5.69 Å². The first-order chi connectivity index (χ1) is 13.4. The van der Waals surface area contributed by atoms with E-state index >= 15 is 0 Å². The maximum absolute atomic E-state index is 12.5. The smallest absolute Gasteiger partial charge is 0.312 e. The van der Waals surface area contributed by atoms with E-state index < -0.39 is 34.1 Å². The first-order valence-corrected chi connectivity index (χ1v) is 9.00. The first kappa shape index (κ1) is 19.5. The topological polar surface area (TPSA) is 134 Å². The molecule has 1 aliphatic rings. The van der Waals surface area contributed by atoms with Gasteiger partial charge in [0.2, 0.25) is 11.7 Å². The lowest BCUT2D eigenvalue weighted by atomic mass is 9.88. The fraction of sp³-hybridized carbons (Fsp3) is 0.167. The summed E-state index contributed by atoms with van der Waals surface area (Å²) in [5.41, 5.74) is 2.66. The molecule has 0 aliphatic carbocycles. The third kappa shape index (κ3) is 4.01. The Labute approximate surface area is 167 Å². The molecule has 0 spiro atoms. The minimum atomic E-state index is -0.954. The van der Waals surface area contributed by atoms with Gasteiger partial charge in [-0.15, -0.1) is 0 Å². The summed E-state index contributed by atoms with van der Waals surface area (Å²) in [4.78, 5) is 34.8. The van der Waals surface area contributed by atoms with Gasteiger partial charge in [0, 0.05) is 28.6 Å². The predicted octanol–water partition coefficient (Wildman–Crippen LogP) is 2.04. The molecule has 2 aromatic rings. The minimum absolute atomic E-state index is 0.0388. The Morgan fingerprint density at radius 3 is 2.75 bits per heavy atom. The van der Waals surface area contributed by atoms with Crippen LogP contribution < -0.4 is 10.7 Å². The number of carbonyl (C=O) groups excluding carboxylic acids is 2. The van der Waals surface area contributed by atoms with Crippen LogP contribution >= 0.6 is 15.9 Å². The Bertz CT molecular complexity index is 964. The molecule has 1 fully saturated rings.